The van der Waals surface area contributed by atoms with Gasteiger partial charge in [0, 0.05) is 18.5 Å². The molecule has 0 saturated heterocycles. The number of phenols is 1. The lowest BCUT2D eigenvalue weighted by Gasteiger charge is -2.30. The highest BCUT2D eigenvalue weighted by atomic mass is 19.1. The SMILES string of the molecule is O=C(NCC(O)c1cccc(O)c1)NCC1(c2cccc(F)c2)CCCC1. The Labute approximate surface area is 158 Å². The van der Waals surface area contributed by atoms with Crippen molar-refractivity contribution in [3.8, 4) is 5.75 Å². The van der Waals surface area contributed by atoms with Crippen molar-refractivity contribution in [3.63, 3.8) is 0 Å². The first-order valence-corrected chi connectivity index (χ1v) is 9.23. The third kappa shape index (κ3) is 4.77. The van der Waals surface area contributed by atoms with E-state index in [0.717, 1.165) is 31.2 Å². The molecule has 5 nitrogen and oxygen atoms in total. The summed E-state index contributed by atoms with van der Waals surface area (Å²) in [6.45, 7) is 0.451. The summed E-state index contributed by atoms with van der Waals surface area (Å²) in [5.74, 6) is -0.202. The van der Waals surface area contributed by atoms with Crippen LogP contribution in [0.1, 0.15) is 42.9 Å². The van der Waals surface area contributed by atoms with Crippen LogP contribution in [-0.4, -0.2) is 29.3 Å². The van der Waals surface area contributed by atoms with Gasteiger partial charge in [0.05, 0.1) is 6.10 Å². The fourth-order valence-corrected chi connectivity index (χ4v) is 3.79. The molecule has 1 saturated carbocycles. The number of amides is 2. The molecule has 2 amide bonds. The second-order valence-corrected chi connectivity index (χ2v) is 7.17. The molecular weight excluding hydrogens is 347 g/mol. The Hall–Kier alpha value is -2.60. The summed E-state index contributed by atoms with van der Waals surface area (Å²) in [4.78, 5) is 12.2. The van der Waals surface area contributed by atoms with E-state index < -0.39 is 6.10 Å². The summed E-state index contributed by atoms with van der Waals surface area (Å²) < 4.78 is 13.6. The van der Waals surface area contributed by atoms with Crippen LogP contribution < -0.4 is 10.6 Å². The van der Waals surface area contributed by atoms with E-state index in [1.54, 1.807) is 24.3 Å². The van der Waals surface area contributed by atoms with Crippen LogP contribution in [-0.2, 0) is 5.41 Å². The maximum absolute atomic E-state index is 13.6. The van der Waals surface area contributed by atoms with Crippen molar-refractivity contribution in [1.29, 1.82) is 0 Å². The Morgan fingerprint density at radius 3 is 2.56 bits per heavy atom. The van der Waals surface area contributed by atoms with E-state index in [9.17, 15) is 19.4 Å². The van der Waals surface area contributed by atoms with Crippen LogP contribution in [0.5, 0.6) is 5.75 Å². The normalized spacial score (nSPS) is 16.7. The molecule has 3 rings (SSSR count). The van der Waals surface area contributed by atoms with Crippen LogP contribution in [0.25, 0.3) is 0 Å². The monoisotopic (exact) mass is 372 g/mol. The van der Waals surface area contributed by atoms with Crippen molar-refractivity contribution in [2.24, 2.45) is 0 Å². The van der Waals surface area contributed by atoms with Crippen molar-refractivity contribution in [1.82, 2.24) is 10.6 Å². The van der Waals surface area contributed by atoms with Crippen LogP contribution in [0.15, 0.2) is 48.5 Å². The van der Waals surface area contributed by atoms with Gasteiger partial charge in [-0.3, -0.25) is 0 Å². The topological polar surface area (TPSA) is 81.6 Å². The maximum atomic E-state index is 13.6. The molecule has 0 spiro atoms. The quantitative estimate of drug-likeness (QED) is 0.627. The van der Waals surface area contributed by atoms with Crippen LogP contribution >= 0.6 is 0 Å². The molecule has 1 aliphatic carbocycles. The van der Waals surface area contributed by atoms with Gasteiger partial charge in [0.25, 0.3) is 0 Å². The molecule has 0 radical (unpaired) electrons. The highest BCUT2D eigenvalue weighted by Crippen LogP contribution is 2.40. The van der Waals surface area contributed by atoms with E-state index >= 15 is 0 Å². The van der Waals surface area contributed by atoms with Gasteiger partial charge < -0.3 is 20.8 Å². The van der Waals surface area contributed by atoms with E-state index in [0.29, 0.717) is 12.1 Å². The molecule has 144 valence electrons. The largest absolute Gasteiger partial charge is 0.508 e. The molecule has 1 atom stereocenters. The molecule has 0 bridgehead atoms. The van der Waals surface area contributed by atoms with Crippen LogP contribution in [0.3, 0.4) is 0 Å². The molecule has 6 heteroatoms. The number of halogens is 1. The van der Waals surface area contributed by atoms with E-state index in [1.165, 1.54) is 18.2 Å². The molecule has 2 aromatic rings. The summed E-state index contributed by atoms with van der Waals surface area (Å²) >= 11 is 0. The third-order valence-corrected chi connectivity index (χ3v) is 5.30. The number of rotatable bonds is 6. The number of phenolic OH excluding ortho intramolecular Hbond substituents is 1. The molecule has 0 aliphatic heterocycles. The minimum atomic E-state index is -0.911. The van der Waals surface area contributed by atoms with Gasteiger partial charge >= 0.3 is 6.03 Å². The molecule has 0 heterocycles. The zero-order valence-corrected chi connectivity index (χ0v) is 15.1. The number of aliphatic hydroxyl groups excluding tert-OH is 1. The number of carbonyl (C=O) groups is 1. The van der Waals surface area contributed by atoms with Crippen molar-refractivity contribution < 1.29 is 19.4 Å². The predicted molar refractivity (Wildman–Crippen MR) is 101 cm³/mol. The molecule has 2 aromatic carbocycles. The lowest BCUT2D eigenvalue weighted by Crippen LogP contribution is -2.44. The molecular formula is C21H25FN2O3. The number of benzene rings is 2. The van der Waals surface area contributed by atoms with Gasteiger partial charge in [0.1, 0.15) is 11.6 Å². The first kappa shape index (κ1) is 19.2. The van der Waals surface area contributed by atoms with E-state index in [-0.39, 0.29) is 29.6 Å². The van der Waals surface area contributed by atoms with Gasteiger partial charge in [0.2, 0.25) is 0 Å². The number of urea groups is 1. The Bertz CT molecular complexity index is 791. The Morgan fingerprint density at radius 2 is 1.85 bits per heavy atom. The molecule has 1 unspecified atom stereocenters. The lowest BCUT2D eigenvalue weighted by molar-refractivity contribution is 0.172. The van der Waals surface area contributed by atoms with Crippen LogP contribution in [0, 0.1) is 5.82 Å². The Kier molecular flexibility index (Phi) is 5.96. The van der Waals surface area contributed by atoms with Crippen molar-refractivity contribution in [2.75, 3.05) is 13.1 Å². The smallest absolute Gasteiger partial charge is 0.314 e. The number of carbonyl (C=O) groups excluding carboxylic acids is 1. The van der Waals surface area contributed by atoms with Crippen molar-refractivity contribution in [2.45, 2.75) is 37.2 Å². The van der Waals surface area contributed by atoms with Crippen molar-refractivity contribution in [3.05, 3.63) is 65.5 Å². The standard InChI is InChI=1S/C21H25FN2O3/c22-17-7-4-6-16(12-17)21(9-1-2-10-21)14-24-20(27)23-13-19(26)15-5-3-8-18(25)11-15/h3-8,11-12,19,25-26H,1-2,9-10,13-14H2,(H2,23,24,27). The fourth-order valence-electron chi connectivity index (χ4n) is 3.79. The molecule has 1 aliphatic rings. The number of aromatic hydroxyl groups is 1. The summed E-state index contributed by atoms with van der Waals surface area (Å²) in [6, 6.07) is 12.5. The van der Waals surface area contributed by atoms with Crippen molar-refractivity contribution >= 4 is 6.03 Å². The van der Waals surface area contributed by atoms with Gasteiger partial charge in [0.15, 0.2) is 0 Å². The zero-order chi connectivity index (χ0) is 19.3. The lowest BCUT2D eigenvalue weighted by atomic mass is 9.79. The summed E-state index contributed by atoms with van der Waals surface area (Å²) in [5, 5.41) is 25.1. The van der Waals surface area contributed by atoms with E-state index in [1.807, 2.05) is 6.07 Å². The number of aliphatic hydroxyl groups is 1. The Morgan fingerprint density at radius 1 is 1.11 bits per heavy atom. The predicted octanol–water partition coefficient (Wildman–Crippen LogP) is 3.38. The molecule has 4 N–H and O–H groups in total. The van der Waals surface area contributed by atoms with E-state index in [4.69, 9.17) is 0 Å². The van der Waals surface area contributed by atoms with Crippen LogP contribution in [0.4, 0.5) is 9.18 Å². The minimum Gasteiger partial charge on any atom is -0.508 e. The second-order valence-electron chi connectivity index (χ2n) is 7.17. The zero-order valence-electron chi connectivity index (χ0n) is 15.1. The summed E-state index contributed by atoms with van der Waals surface area (Å²) in [6.07, 6.45) is 3.00. The van der Waals surface area contributed by atoms with Gasteiger partial charge in [-0.15, -0.1) is 0 Å². The van der Waals surface area contributed by atoms with Gasteiger partial charge in [-0.05, 0) is 48.2 Å². The average Bonchev–Trinajstić information content (AvgIpc) is 3.15. The summed E-state index contributed by atoms with van der Waals surface area (Å²) in [5.41, 5.74) is 1.20. The van der Waals surface area contributed by atoms with Crippen LogP contribution in [0.2, 0.25) is 0 Å². The van der Waals surface area contributed by atoms with E-state index in [2.05, 4.69) is 10.6 Å². The number of hydrogen-bond acceptors (Lipinski definition) is 3. The average molecular weight is 372 g/mol. The molecule has 0 aromatic heterocycles. The van der Waals surface area contributed by atoms with Gasteiger partial charge in [-0.25, -0.2) is 9.18 Å². The maximum Gasteiger partial charge on any atom is 0.314 e. The minimum absolute atomic E-state index is 0.0300. The van der Waals surface area contributed by atoms with Gasteiger partial charge in [-0.2, -0.15) is 0 Å². The molecule has 1 fully saturated rings. The first-order valence-electron chi connectivity index (χ1n) is 9.23. The summed E-state index contributed by atoms with van der Waals surface area (Å²) in [7, 11) is 0. The number of hydrogen-bond donors (Lipinski definition) is 4. The third-order valence-electron chi connectivity index (χ3n) is 5.30. The first-order chi connectivity index (χ1) is 13.0. The Balaban J connectivity index is 1.56. The number of nitrogens with one attached hydrogen (secondary N) is 2. The van der Waals surface area contributed by atoms with Gasteiger partial charge in [-0.1, -0.05) is 37.1 Å². The highest BCUT2D eigenvalue weighted by Gasteiger charge is 2.36. The highest BCUT2D eigenvalue weighted by molar-refractivity contribution is 5.74. The second kappa shape index (κ2) is 8.39. The fraction of sp³-hybridized carbons (Fsp3) is 0.381. The molecule has 27 heavy (non-hydrogen) atoms.